The zero-order valence-corrected chi connectivity index (χ0v) is 12.5. The molecule has 3 rings (SSSR count). The molecule has 4 heteroatoms. The third kappa shape index (κ3) is 2.64. The summed E-state index contributed by atoms with van der Waals surface area (Å²) in [4.78, 5) is 13.9. The molecule has 0 aromatic heterocycles. The maximum atomic E-state index is 12.3. The first-order chi connectivity index (χ1) is 10.6. The number of phenols is 1. The van der Waals surface area contributed by atoms with Crippen molar-refractivity contribution in [1.29, 1.82) is 0 Å². The summed E-state index contributed by atoms with van der Waals surface area (Å²) in [5.41, 5.74) is 1.31. The zero-order valence-electron chi connectivity index (χ0n) is 12.5. The van der Waals surface area contributed by atoms with Crippen LogP contribution in [0.1, 0.15) is 24.0 Å². The average molecular weight is 297 g/mol. The van der Waals surface area contributed by atoms with Gasteiger partial charge in [0.2, 0.25) is 0 Å². The Morgan fingerprint density at radius 2 is 1.77 bits per heavy atom. The Morgan fingerprint density at radius 1 is 1.14 bits per heavy atom. The van der Waals surface area contributed by atoms with Gasteiger partial charge in [0, 0.05) is 12.6 Å². The monoisotopic (exact) mass is 297 g/mol. The van der Waals surface area contributed by atoms with Crippen molar-refractivity contribution >= 4 is 6.09 Å². The van der Waals surface area contributed by atoms with Crippen LogP contribution < -0.4 is 0 Å². The predicted molar refractivity (Wildman–Crippen MR) is 83.4 cm³/mol. The van der Waals surface area contributed by atoms with Crippen molar-refractivity contribution < 1.29 is 14.6 Å². The molecule has 2 aromatic carbocycles. The van der Waals surface area contributed by atoms with Gasteiger partial charge in [-0.25, -0.2) is 4.79 Å². The smallest absolute Gasteiger partial charge is 0.410 e. The lowest BCUT2D eigenvalue weighted by Crippen LogP contribution is -2.37. The van der Waals surface area contributed by atoms with Gasteiger partial charge in [-0.3, -0.25) is 0 Å². The van der Waals surface area contributed by atoms with Gasteiger partial charge in [0.15, 0.2) is 0 Å². The van der Waals surface area contributed by atoms with Crippen LogP contribution in [0.15, 0.2) is 54.6 Å². The lowest BCUT2D eigenvalue weighted by molar-refractivity contribution is 0.0853. The Balaban J connectivity index is 1.69. The molecule has 0 spiro atoms. The second kappa shape index (κ2) is 5.72. The highest BCUT2D eigenvalue weighted by atomic mass is 16.6. The molecule has 1 saturated carbocycles. The third-order valence-electron chi connectivity index (χ3n) is 4.25. The van der Waals surface area contributed by atoms with Crippen molar-refractivity contribution in [1.82, 2.24) is 4.90 Å². The predicted octanol–water partition coefficient (Wildman–Crippen LogP) is 3.65. The topological polar surface area (TPSA) is 49.8 Å². The lowest BCUT2D eigenvalue weighted by atomic mass is 10.0. The van der Waals surface area contributed by atoms with Crippen LogP contribution in [0.25, 0.3) is 0 Å². The van der Waals surface area contributed by atoms with E-state index in [-0.39, 0.29) is 18.4 Å². The number of rotatable bonds is 4. The van der Waals surface area contributed by atoms with Gasteiger partial charge >= 0.3 is 6.09 Å². The molecule has 0 bridgehead atoms. The molecule has 1 amide bonds. The van der Waals surface area contributed by atoms with E-state index in [1.165, 1.54) is 0 Å². The molecule has 0 heterocycles. The largest absolute Gasteiger partial charge is 0.508 e. The fourth-order valence-corrected chi connectivity index (χ4v) is 2.76. The van der Waals surface area contributed by atoms with Crippen LogP contribution in [0.3, 0.4) is 0 Å². The van der Waals surface area contributed by atoms with E-state index in [4.69, 9.17) is 4.74 Å². The molecule has 114 valence electrons. The van der Waals surface area contributed by atoms with Gasteiger partial charge < -0.3 is 14.7 Å². The molecule has 0 atom stereocenters. The Morgan fingerprint density at radius 3 is 2.41 bits per heavy atom. The molecule has 0 saturated heterocycles. The Hall–Kier alpha value is -2.49. The number of para-hydroxylation sites is 1. The molecule has 0 unspecified atom stereocenters. The highest BCUT2D eigenvalue weighted by Gasteiger charge is 2.51. The van der Waals surface area contributed by atoms with Crippen LogP contribution in [-0.4, -0.2) is 23.1 Å². The van der Waals surface area contributed by atoms with E-state index in [9.17, 15) is 9.90 Å². The van der Waals surface area contributed by atoms with Gasteiger partial charge in [-0.15, -0.1) is 0 Å². The van der Waals surface area contributed by atoms with Crippen LogP contribution in [0.2, 0.25) is 0 Å². The first-order valence-electron chi connectivity index (χ1n) is 7.36. The van der Waals surface area contributed by atoms with Gasteiger partial charge in [0.25, 0.3) is 0 Å². The average Bonchev–Trinajstić information content (AvgIpc) is 3.35. The summed E-state index contributed by atoms with van der Waals surface area (Å²) in [6, 6.07) is 16.8. The van der Waals surface area contributed by atoms with Gasteiger partial charge in [-0.05, 0) is 24.5 Å². The summed E-state index contributed by atoms with van der Waals surface area (Å²) in [7, 11) is 1.73. The van der Waals surface area contributed by atoms with Crippen LogP contribution in [-0.2, 0) is 16.9 Å². The highest BCUT2D eigenvalue weighted by Crippen LogP contribution is 2.53. The molecular weight excluding hydrogens is 278 g/mol. The summed E-state index contributed by atoms with van der Waals surface area (Å²) in [5.74, 6) is 0.225. The molecule has 1 aliphatic carbocycles. The van der Waals surface area contributed by atoms with Gasteiger partial charge in [0.1, 0.15) is 12.4 Å². The summed E-state index contributed by atoms with van der Waals surface area (Å²) in [6.07, 6.45) is 1.30. The second-order valence-corrected chi connectivity index (χ2v) is 5.65. The fraction of sp³-hybridized carbons (Fsp3) is 0.278. The summed E-state index contributed by atoms with van der Waals surface area (Å²) >= 11 is 0. The van der Waals surface area contributed by atoms with Crippen molar-refractivity contribution in [2.24, 2.45) is 0 Å². The minimum absolute atomic E-state index is 0.225. The lowest BCUT2D eigenvalue weighted by Gasteiger charge is -2.28. The molecule has 1 N–H and O–H groups in total. The first kappa shape index (κ1) is 14.4. The molecule has 4 nitrogen and oxygen atoms in total. The second-order valence-electron chi connectivity index (χ2n) is 5.65. The molecule has 0 radical (unpaired) electrons. The standard InChI is InChI=1S/C18H19NO3/c1-19(17(21)22-13-14-7-3-2-4-8-14)18(11-12-18)15-9-5-6-10-16(15)20/h2-10,20H,11-13H2,1H3. The van der Waals surface area contributed by atoms with E-state index in [1.54, 1.807) is 24.1 Å². The van der Waals surface area contributed by atoms with Gasteiger partial charge in [-0.1, -0.05) is 48.5 Å². The van der Waals surface area contributed by atoms with Crippen molar-refractivity contribution in [3.8, 4) is 5.75 Å². The van der Waals surface area contributed by atoms with Crippen molar-refractivity contribution in [3.05, 3.63) is 65.7 Å². The van der Waals surface area contributed by atoms with E-state index < -0.39 is 5.54 Å². The normalized spacial score (nSPS) is 15.1. The van der Waals surface area contributed by atoms with Crippen molar-refractivity contribution in [3.63, 3.8) is 0 Å². The van der Waals surface area contributed by atoms with E-state index in [0.717, 1.165) is 24.0 Å². The minimum atomic E-state index is -0.431. The number of amides is 1. The van der Waals surface area contributed by atoms with E-state index in [0.29, 0.717) is 0 Å². The fourth-order valence-electron chi connectivity index (χ4n) is 2.76. The molecule has 0 aliphatic heterocycles. The molecule has 1 fully saturated rings. The number of hydrogen-bond donors (Lipinski definition) is 1. The van der Waals surface area contributed by atoms with Crippen molar-refractivity contribution in [2.45, 2.75) is 25.0 Å². The number of hydrogen-bond acceptors (Lipinski definition) is 3. The van der Waals surface area contributed by atoms with Crippen molar-refractivity contribution in [2.75, 3.05) is 7.05 Å². The van der Waals surface area contributed by atoms with E-state index >= 15 is 0 Å². The summed E-state index contributed by atoms with van der Waals surface area (Å²) in [6.45, 7) is 0.251. The Bertz CT molecular complexity index is 665. The van der Waals surface area contributed by atoms with Crippen LogP contribution in [0, 0.1) is 0 Å². The van der Waals surface area contributed by atoms with Gasteiger partial charge in [-0.2, -0.15) is 0 Å². The van der Waals surface area contributed by atoms with Crippen LogP contribution in [0.5, 0.6) is 5.75 Å². The number of benzene rings is 2. The van der Waals surface area contributed by atoms with E-state index in [2.05, 4.69) is 0 Å². The maximum absolute atomic E-state index is 12.3. The Labute approximate surface area is 130 Å². The zero-order chi connectivity index (χ0) is 15.6. The van der Waals surface area contributed by atoms with Crippen LogP contribution >= 0.6 is 0 Å². The molecule has 1 aliphatic rings. The molecule has 2 aromatic rings. The molecular formula is C18H19NO3. The number of nitrogens with zero attached hydrogens (tertiary/aromatic N) is 1. The summed E-state index contributed by atoms with van der Waals surface area (Å²) in [5, 5.41) is 10.0. The number of ether oxygens (including phenoxy) is 1. The van der Waals surface area contributed by atoms with E-state index in [1.807, 2.05) is 42.5 Å². The van der Waals surface area contributed by atoms with Gasteiger partial charge in [0.05, 0.1) is 5.54 Å². The number of phenolic OH excluding ortho intramolecular Hbond substituents is 1. The summed E-state index contributed by atoms with van der Waals surface area (Å²) < 4.78 is 5.38. The third-order valence-corrected chi connectivity index (χ3v) is 4.25. The minimum Gasteiger partial charge on any atom is -0.508 e. The number of carbonyl (C=O) groups is 1. The highest BCUT2D eigenvalue weighted by molar-refractivity contribution is 5.70. The number of carbonyl (C=O) groups excluding carboxylic acids is 1. The molecule has 22 heavy (non-hydrogen) atoms. The Kier molecular flexibility index (Phi) is 3.75. The maximum Gasteiger partial charge on any atom is 0.410 e. The quantitative estimate of drug-likeness (QED) is 0.937. The van der Waals surface area contributed by atoms with Crippen LogP contribution in [0.4, 0.5) is 4.79 Å². The number of aromatic hydroxyl groups is 1. The SMILES string of the molecule is CN(C(=O)OCc1ccccc1)C1(c2ccccc2O)CC1. The first-order valence-corrected chi connectivity index (χ1v) is 7.36.